The first-order chi connectivity index (χ1) is 7.36. The van der Waals surface area contributed by atoms with Crippen molar-refractivity contribution in [1.82, 2.24) is 9.88 Å². The van der Waals surface area contributed by atoms with Crippen molar-refractivity contribution in [3.05, 3.63) is 24.5 Å². The summed E-state index contributed by atoms with van der Waals surface area (Å²) in [6.07, 6.45) is 7.28. The van der Waals surface area contributed by atoms with Crippen molar-refractivity contribution >= 4 is 0 Å². The van der Waals surface area contributed by atoms with Gasteiger partial charge in [-0.05, 0) is 45.0 Å². The number of aromatic nitrogens is 1. The zero-order valence-corrected chi connectivity index (χ0v) is 9.22. The third-order valence-electron chi connectivity index (χ3n) is 3.03. The molecule has 1 atom stereocenters. The number of ether oxygens (including phenoxy) is 1. The molecule has 0 bridgehead atoms. The van der Waals surface area contributed by atoms with Crippen molar-refractivity contribution in [1.29, 1.82) is 0 Å². The smallest absolute Gasteiger partial charge is 0.137 e. The van der Waals surface area contributed by atoms with Crippen LogP contribution in [0.15, 0.2) is 24.5 Å². The number of likely N-dealkylation sites (tertiary alicyclic amines) is 1. The summed E-state index contributed by atoms with van der Waals surface area (Å²) in [7, 11) is 2.20. The number of pyridine rings is 1. The average Bonchev–Trinajstić information content (AvgIpc) is 2.66. The SMILES string of the molecule is CN1CCC[C@H]1CCOc1cccnc1. The molecule has 0 amide bonds. The van der Waals surface area contributed by atoms with Crippen molar-refractivity contribution in [2.45, 2.75) is 25.3 Å². The van der Waals surface area contributed by atoms with Crippen LogP contribution < -0.4 is 4.74 Å². The van der Waals surface area contributed by atoms with Gasteiger partial charge in [-0.2, -0.15) is 0 Å². The minimum atomic E-state index is 0.710. The third-order valence-corrected chi connectivity index (χ3v) is 3.03. The molecule has 1 saturated heterocycles. The molecule has 0 unspecified atom stereocenters. The number of nitrogens with zero attached hydrogens (tertiary/aromatic N) is 2. The third kappa shape index (κ3) is 2.93. The molecular weight excluding hydrogens is 188 g/mol. The van der Waals surface area contributed by atoms with Crippen molar-refractivity contribution in [3.63, 3.8) is 0 Å². The summed E-state index contributed by atoms with van der Waals surface area (Å²) in [5, 5.41) is 0. The minimum absolute atomic E-state index is 0.710. The molecule has 1 aromatic rings. The molecule has 2 heterocycles. The Bertz CT molecular complexity index is 289. The number of hydrogen-bond donors (Lipinski definition) is 0. The molecule has 0 spiro atoms. The molecule has 1 fully saturated rings. The fourth-order valence-corrected chi connectivity index (χ4v) is 2.09. The molecule has 3 nitrogen and oxygen atoms in total. The highest BCUT2D eigenvalue weighted by Crippen LogP contribution is 2.18. The highest BCUT2D eigenvalue weighted by atomic mass is 16.5. The lowest BCUT2D eigenvalue weighted by Crippen LogP contribution is -2.26. The van der Waals surface area contributed by atoms with Crippen molar-refractivity contribution in [2.24, 2.45) is 0 Å². The Labute approximate surface area is 91.1 Å². The van der Waals surface area contributed by atoms with Crippen LogP contribution in [0.1, 0.15) is 19.3 Å². The molecule has 1 aliphatic heterocycles. The Kier molecular flexibility index (Phi) is 3.56. The van der Waals surface area contributed by atoms with Crippen molar-refractivity contribution in [2.75, 3.05) is 20.2 Å². The Hall–Kier alpha value is -1.09. The molecule has 0 radical (unpaired) electrons. The summed E-state index contributed by atoms with van der Waals surface area (Å²) in [5.74, 6) is 0.873. The van der Waals surface area contributed by atoms with E-state index in [1.807, 2.05) is 12.1 Å². The zero-order chi connectivity index (χ0) is 10.5. The average molecular weight is 206 g/mol. The van der Waals surface area contributed by atoms with Crippen molar-refractivity contribution < 1.29 is 4.74 Å². The summed E-state index contributed by atoms with van der Waals surface area (Å²) in [6, 6.07) is 4.56. The summed E-state index contributed by atoms with van der Waals surface area (Å²) in [6.45, 7) is 2.03. The predicted octanol–water partition coefficient (Wildman–Crippen LogP) is 1.94. The number of rotatable bonds is 4. The fraction of sp³-hybridized carbons (Fsp3) is 0.583. The zero-order valence-electron chi connectivity index (χ0n) is 9.22. The van der Waals surface area contributed by atoms with E-state index in [0.717, 1.165) is 18.8 Å². The number of hydrogen-bond acceptors (Lipinski definition) is 3. The van der Waals surface area contributed by atoms with E-state index < -0.39 is 0 Å². The topological polar surface area (TPSA) is 25.4 Å². The Morgan fingerprint density at radius 3 is 3.20 bits per heavy atom. The van der Waals surface area contributed by atoms with E-state index in [2.05, 4.69) is 16.9 Å². The van der Waals surface area contributed by atoms with Gasteiger partial charge in [0, 0.05) is 12.2 Å². The molecule has 3 heteroatoms. The van der Waals surface area contributed by atoms with E-state index in [4.69, 9.17) is 4.74 Å². The molecule has 0 N–H and O–H groups in total. The predicted molar refractivity (Wildman–Crippen MR) is 60.0 cm³/mol. The van der Waals surface area contributed by atoms with Gasteiger partial charge in [-0.1, -0.05) is 0 Å². The van der Waals surface area contributed by atoms with Gasteiger partial charge < -0.3 is 9.64 Å². The van der Waals surface area contributed by atoms with Crippen LogP contribution in [0.3, 0.4) is 0 Å². The van der Waals surface area contributed by atoms with Crippen LogP contribution in [-0.4, -0.2) is 36.1 Å². The second-order valence-corrected chi connectivity index (χ2v) is 4.10. The Balaban J connectivity index is 1.71. The van der Waals surface area contributed by atoms with Crippen LogP contribution in [0.25, 0.3) is 0 Å². The second-order valence-electron chi connectivity index (χ2n) is 4.10. The summed E-state index contributed by atoms with van der Waals surface area (Å²) < 4.78 is 5.63. The fourth-order valence-electron chi connectivity index (χ4n) is 2.09. The van der Waals surface area contributed by atoms with Gasteiger partial charge in [-0.25, -0.2) is 0 Å². The molecule has 0 aromatic carbocycles. The summed E-state index contributed by atoms with van der Waals surface area (Å²) in [4.78, 5) is 6.44. The monoisotopic (exact) mass is 206 g/mol. The molecule has 1 aliphatic rings. The van der Waals surface area contributed by atoms with E-state index in [1.165, 1.54) is 19.4 Å². The highest BCUT2D eigenvalue weighted by Gasteiger charge is 2.20. The van der Waals surface area contributed by atoms with Crippen LogP contribution in [0.5, 0.6) is 5.75 Å². The maximum absolute atomic E-state index is 5.63. The maximum atomic E-state index is 5.63. The Morgan fingerprint density at radius 2 is 2.53 bits per heavy atom. The van der Waals surface area contributed by atoms with Gasteiger partial charge in [0.2, 0.25) is 0 Å². The van der Waals surface area contributed by atoms with Gasteiger partial charge in [0.25, 0.3) is 0 Å². The molecule has 82 valence electrons. The van der Waals surface area contributed by atoms with Crippen LogP contribution in [-0.2, 0) is 0 Å². The first kappa shape index (κ1) is 10.4. The van der Waals surface area contributed by atoms with E-state index >= 15 is 0 Å². The van der Waals surface area contributed by atoms with Crippen molar-refractivity contribution in [3.8, 4) is 5.75 Å². The first-order valence-corrected chi connectivity index (χ1v) is 5.59. The minimum Gasteiger partial charge on any atom is -0.492 e. The molecule has 1 aromatic heterocycles. The van der Waals surface area contributed by atoms with Gasteiger partial charge in [0.1, 0.15) is 5.75 Å². The molecular formula is C12H18N2O. The molecule has 0 aliphatic carbocycles. The summed E-state index contributed by atoms with van der Waals surface area (Å²) in [5.41, 5.74) is 0. The van der Waals surface area contributed by atoms with Crippen LogP contribution in [0, 0.1) is 0 Å². The second kappa shape index (κ2) is 5.12. The largest absolute Gasteiger partial charge is 0.492 e. The standard InChI is InChI=1S/C12H18N2O/c1-14-8-3-4-11(14)6-9-15-12-5-2-7-13-10-12/h2,5,7,10-11H,3-4,6,8-9H2,1H3/t11-/m0/s1. The van der Waals surface area contributed by atoms with E-state index in [1.54, 1.807) is 12.4 Å². The van der Waals surface area contributed by atoms with Gasteiger partial charge in [0.15, 0.2) is 0 Å². The lowest BCUT2D eigenvalue weighted by Gasteiger charge is -2.19. The molecule has 0 saturated carbocycles. The Morgan fingerprint density at radius 1 is 1.60 bits per heavy atom. The van der Waals surface area contributed by atoms with E-state index in [9.17, 15) is 0 Å². The van der Waals surface area contributed by atoms with E-state index in [0.29, 0.717) is 6.04 Å². The first-order valence-electron chi connectivity index (χ1n) is 5.59. The normalized spacial score (nSPS) is 21.8. The molecule has 2 rings (SSSR count). The van der Waals surface area contributed by atoms with Crippen LogP contribution in [0.2, 0.25) is 0 Å². The highest BCUT2D eigenvalue weighted by molar-refractivity contribution is 5.15. The van der Waals surface area contributed by atoms with Crippen LogP contribution in [0.4, 0.5) is 0 Å². The molecule has 15 heavy (non-hydrogen) atoms. The maximum Gasteiger partial charge on any atom is 0.137 e. The van der Waals surface area contributed by atoms with Gasteiger partial charge in [-0.15, -0.1) is 0 Å². The quantitative estimate of drug-likeness (QED) is 0.753. The van der Waals surface area contributed by atoms with Gasteiger partial charge in [-0.3, -0.25) is 4.98 Å². The summed E-state index contributed by atoms with van der Waals surface area (Å²) >= 11 is 0. The lowest BCUT2D eigenvalue weighted by molar-refractivity contribution is 0.233. The van der Waals surface area contributed by atoms with E-state index in [-0.39, 0.29) is 0 Å². The van der Waals surface area contributed by atoms with Gasteiger partial charge in [0.05, 0.1) is 12.8 Å². The van der Waals surface area contributed by atoms with Gasteiger partial charge >= 0.3 is 0 Å². The lowest BCUT2D eigenvalue weighted by atomic mass is 10.1. The van der Waals surface area contributed by atoms with Crippen LogP contribution >= 0.6 is 0 Å².